The minimum atomic E-state index is -3.97. The molecule has 7 nitrogen and oxygen atoms in total. The van der Waals surface area contributed by atoms with Gasteiger partial charge in [0.15, 0.2) is 5.82 Å². The molecule has 1 heterocycles. The second-order valence-electron chi connectivity index (χ2n) is 4.97. The van der Waals surface area contributed by atoms with E-state index in [0.29, 0.717) is 5.69 Å². The van der Waals surface area contributed by atoms with Gasteiger partial charge in [-0.15, -0.1) is 0 Å². The third kappa shape index (κ3) is 4.84. The molecule has 106 valence electrons. The van der Waals surface area contributed by atoms with Crippen molar-refractivity contribution >= 4 is 21.9 Å². The van der Waals surface area contributed by atoms with Crippen molar-refractivity contribution in [1.82, 2.24) is 4.98 Å². The van der Waals surface area contributed by atoms with Crippen LogP contribution in [-0.4, -0.2) is 25.1 Å². The number of amides is 1. The van der Waals surface area contributed by atoms with Gasteiger partial charge in [-0.05, 0) is 39.8 Å². The summed E-state index contributed by atoms with van der Waals surface area (Å²) < 4.78 is 27.8. The zero-order valence-electron chi connectivity index (χ0n) is 11.2. The lowest BCUT2D eigenvalue weighted by Crippen LogP contribution is -2.28. The molecule has 0 saturated carbocycles. The molecule has 0 atom stereocenters. The van der Waals surface area contributed by atoms with Crippen LogP contribution in [-0.2, 0) is 14.8 Å². The lowest BCUT2D eigenvalue weighted by atomic mass is 10.2. The number of sulfonamides is 1. The van der Waals surface area contributed by atoms with Crippen LogP contribution in [0.2, 0.25) is 0 Å². The molecule has 0 aromatic carbocycles. The number of nitrogens with one attached hydrogen (secondary N) is 1. The van der Waals surface area contributed by atoms with Crippen LogP contribution in [0.1, 0.15) is 26.5 Å². The molecule has 0 aliphatic heterocycles. The topological polar surface area (TPSA) is 111 Å². The van der Waals surface area contributed by atoms with Gasteiger partial charge in [0.2, 0.25) is 10.0 Å². The van der Waals surface area contributed by atoms with Crippen molar-refractivity contribution in [3.05, 3.63) is 17.8 Å². The number of aromatic nitrogens is 1. The third-order valence-corrected chi connectivity index (χ3v) is 2.87. The van der Waals surface area contributed by atoms with Crippen molar-refractivity contribution in [3.8, 4) is 0 Å². The Labute approximate surface area is 112 Å². The molecule has 8 heteroatoms. The number of nitrogens with zero attached hydrogens (tertiary/aromatic N) is 1. The van der Waals surface area contributed by atoms with Crippen LogP contribution in [0, 0.1) is 6.92 Å². The van der Waals surface area contributed by atoms with Gasteiger partial charge >= 0.3 is 6.09 Å². The van der Waals surface area contributed by atoms with E-state index in [4.69, 9.17) is 9.88 Å². The maximum atomic E-state index is 11.6. The Morgan fingerprint density at radius 3 is 2.42 bits per heavy atom. The first-order valence-electron chi connectivity index (χ1n) is 5.49. The summed E-state index contributed by atoms with van der Waals surface area (Å²) in [5.74, 6) is -0.142. The van der Waals surface area contributed by atoms with Gasteiger partial charge < -0.3 is 4.74 Å². The number of anilines is 1. The van der Waals surface area contributed by atoms with Gasteiger partial charge in [-0.2, -0.15) is 0 Å². The average Bonchev–Trinajstić information content (AvgIpc) is 2.11. The largest absolute Gasteiger partial charge is 0.444 e. The number of carbonyl (C=O) groups is 1. The van der Waals surface area contributed by atoms with Gasteiger partial charge in [0.25, 0.3) is 0 Å². The maximum Gasteiger partial charge on any atom is 0.413 e. The normalized spacial score (nSPS) is 12.1. The number of rotatable bonds is 2. The molecule has 0 spiro atoms. The fraction of sp³-hybridized carbons (Fsp3) is 0.455. The number of nitrogens with two attached hydrogens (primary N) is 1. The number of aryl methyl sites for hydroxylation is 1. The average molecular weight is 287 g/mol. The van der Waals surface area contributed by atoms with Gasteiger partial charge in [-0.1, -0.05) is 0 Å². The van der Waals surface area contributed by atoms with E-state index in [1.165, 1.54) is 12.1 Å². The van der Waals surface area contributed by atoms with E-state index < -0.39 is 21.7 Å². The number of primary sulfonamides is 1. The van der Waals surface area contributed by atoms with Gasteiger partial charge in [0, 0.05) is 5.69 Å². The number of hydrogen-bond donors (Lipinski definition) is 2. The lowest BCUT2D eigenvalue weighted by molar-refractivity contribution is 0.0635. The Balaban J connectivity index is 3.07. The van der Waals surface area contributed by atoms with Crippen LogP contribution in [0.15, 0.2) is 17.0 Å². The van der Waals surface area contributed by atoms with Gasteiger partial charge in [-0.3, -0.25) is 5.32 Å². The summed E-state index contributed by atoms with van der Waals surface area (Å²) in [5.41, 5.74) is -0.159. The highest BCUT2D eigenvalue weighted by molar-refractivity contribution is 7.89. The Morgan fingerprint density at radius 1 is 1.37 bits per heavy atom. The molecule has 3 N–H and O–H groups in total. The molecule has 1 amide bonds. The zero-order valence-corrected chi connectivity index (χ0v) is 12.0. The molecule has 0 aliphatic rings. The molecule has 0 radical (unpaired) electrons. The van der Waals surface area contributed by atoms with E-state index in [1.807, 2.05) is 0 Å². The fourth-order valence-electron chi connectivity index (χ4n) is 1.26. The molecule has 0 fully saturated rings. The van der Waals surface area contributed by atoms with Crippen LogP contribution in [0.3, 0.4) is 0 Å². The monoisotopic (exact) mass is 287 g/mol. The summed E-state index contributed by atoms with van der Waals surface area (Å²) >= 11 is 0. The Kier molecular flexibility index (Phi) is 4.16. The minimum absolute atomic E-state index is 0.142. The van der Waals surface area contributed by atoms with Crippen molar-refractivity contribution in [2.75, 3.05) is 5.32 Å². The van der Waals surface area contributed by atoms with E-state index >= 15 is 0 Å². The molecule has 1 aromatic heterocycles. The molecular formula is C11H17N3O4S. The quantitative estimate of drug-likeness (QED) is 0.853. The van der Waals surface area contributed by atoms with Crippen molar-refractivity contribution in [3.63, 3.8) is 0 Å². The summed E-state index contributed by atoms with van der Waals surface area (Å²) in [7, 11) is -3.97. The predicted octanol–water partition coefficient (Wildman–Crippen LogP) is 1.38. The van der Waals surface area contributed by atoms with Crippen LogP contribution >= 0.6 is 0 Å². The highest BCUT2D eigenvalue weighted by atomic mass is 32.2. The summed E-state index contributed by atoms with van der Waals surface area (Å²) in [6, 6.07) is 2.77. The minimum Gasteiger partial charge on any atom is -0.444 e. The van der Waals surface area contributed by atoms with Crippen LogP contribution < -0.4 is 10.5 Å². The van der Waals surface area contributed by atoms with Crippen molar-refractivity contribution in [1.29, 1.82) is 0 Å². The zero-order chi connectivity index (χ0) is 14.8. The smallest absolute Gasteiger partial charge is 0.413 e. The summed E-state index contributed by atoms with van der Waals surface area (Å²) in [5, 5.41) is 7.33. The fourth-order valence-corrected chi connectivity index (χ4v) is 1.89. The number of hydrogen-bond acceptors (Lipinski definition) is 5. The molecule has 1 rings (SSSR count). The van der Waals surface area contributed by atoms with Crippen LogP contribution in [0.5, 0.6) is 0 Å². The number of ether oxygens (including phenoxy) is 1. The van der Waals surface area contributed by atoms with E-state index in [1.54, 1.807) is 27.7 Å². The van der Waals surface area contributed by atoms with Gasteiger partial charge in [-0.25, -0.2) is 23.3 Å². The van der Waals surface area contributed by atoms with Crippen molar-refractivity contribution in [2.24, 2.45) is 5.14 Å². The van der Waals surface area contributed by atoms with Crippen LogP contribution in [0.25, 0.3) is 0 Å². The highest BCUT2D eigenvalue weighted by Crippen LogP contribution is 2.19. The maximum absolute atomic E-state index is 11.6. The van der Waals surface area contributed by atoms with Crippen LogP contribution in [0.4, 0.5) is 10.6 Å². The summed E-state index contributed by atoms with van der Waals surface area (Å²) in [6.45, 7) is 6.73. The molecular weight excluding hydrogens is 270 g/mol. The van der Waals surface area contributed by atoms with Crippen molar-refractivity contribution in [2.45, 2.75) is 38.2 Å². The van der Waals surface area contributed by atoms with E-state index in [0.717, 1.165) is 0 Å². The SMILES string of the molecule is Cc1ccc(S(N)(=O)=O)c(NC(=O)OC(C)(C)C)n1. The molecule has 0 aliphatic carbocycles. The second kappa shape index (κ2) is 5.14. The van der Waals surface area contributed by atoms with Crippen molar-refractivity contribution < 1.29 is 17.9 Å². The predicted molar refractivity (Wildman–Crippen MR) is 70.2 cm³/mol. The third-order valence-electron chi connectivity index (χ3n) is 1.92. The molecule has 0 unspecified atom stereocenters. The Morgan fingerprint density at radius 2 is 1.95 bits per heavy atom. The van der Waals surface area contributed by atoms with E-state index in [9.17, 15) is 13.2 Å². The summed E-state index contributed by atoms with van der Waals surface area (Å²) in [4.78, 5) is 15.3. The van der Waals surface area contributed by atoms with E-state index in [-0.39, 0.29) is 10.7 Å². The number of pyridine rings is 1. The lowest BCUT2D eigenvalue weighted by Gasteiger charge is -2.20. The Hall–Kier alpha value is -1.67. The molecule has 0 bridgehead atoms. The number of carbonyl (C=O) groups excluding carboxylic acids is 1. The Bertz CT molecular complexity index is 590. The highest BCUT2D eigenvalue weighted by Gasteiger charge is 2.21. The molecule has 19 heavy (non-hydrogen) atoms. The molecule has 0 saturated heterocycles. The second-order valence-corrected chi connectivity index (χ2v) is 6.50. The molecule has 1 aromatic rings. The standard InChI is InChI=1S/C11H17N3O4S/c1-7-5-6-8(19(12,16)17)9(13-7)14-10(15)18-11(2,3)4/h5-6H,1-4H3,(H2,12,16,17)(H,13,14,15). The first-order chi connectivity index (χ1) is 8.49. The first kappa shape index (κ1) is 15.4. The van der Waals surface area contributed by atoms with Gasteiger partial charge in [0.1, 0.15) is 10.5 Å². The summed E-state index contributed by atoms with van der Waals surface area (Å²) in [6.07, 6.45) is -0.796. The van der Waals surface area contributed by atoms with Gasteiger partial charge in [0.05, 0.1) is 0 Å². The first-order valence-corrected chi connectivity index (χ1v) is 7.04. The van der Waals surface area contributed by atoms with E-state index in [2.05, 4.69) is 10.3 Å².